The molecule has 1 fully saturated rings. The van der Waals surface area contributed by atoms with Crippen LogP contribution in [-0.4, -0.2) is 5.79 Å². The summed E-state index contributed by atoms with van der Waals surface area (Å²) in [5.74, 6) is 0.427. The topological polar surface area (TPSA) is 25.1 Å². The van der Waals surface area contributed by atoms with Crippen molar-refractivity contribution < 1.29 is 9.78 Å². The monoisotopic (exact) mass is 116 g/mol. The van der Waals surface area contributed by atoms with E-state index in [0.29, 0.717) is 5.92 Å². The van der Waals surface area contributed by atoms with Gasteiger partial charge in [0, 0.05) is 6.42 Å². The molecule has 8 heavy (non-hydrogen) atoms. The molecule has 0 aliphatic carbocycles. The molecule has 1 aliphatic rings. The van der Waals surface area contributed by atoms with Crippen LogP contribution in [0.5, 0.6) is 0 Å². The van der Waals surface area contributed by atoms with E-state index in [0.717, 1.165) is 6.42 Å². The molecule has 0 aromatic rings. The minimum atomic E-state index is -0.228. The fraction of sp³-hybridized carbons (Fsp3) is 1.00. The summed E-state index contributed by atoms with van der Waals surface area (Å²) in [5.41, 5.74) is 0. The van der Waals surface area contributed by atoms with E-state index in [2.05, 4.69) is 13.8 Å². The summed E-state index contributed by atoms with van der Waals surface area (Å²) in [5, 5.41) is 0. The first-order valence-corrected chi connectivity index (χ1v) is 2.99. The van der Waals surface area contributed by atoms with Gasteiger partial charge in [0.1, 0.15) is 0 Å². The maximum atomic E-state index is 4.71. The van der Waals surface area contributed by atoms with Gasteiger partial charge in [-0.1, -0.05) is 13.8 Å². The van der Waals surface area contributed by atoms with E-state index in [1.165, 1.54) is 0 Å². The molecule has 1 heterocycles. The Bertz CT molecular complexity index is 84.5. The highest BCUT2D eigenvalue weighted by Crippen LogP contribution is 2.34. The van der Waals surface area contributed by atoms with Crippen molar-refractivity contribution in [2.45, 2.75) is 33.0 Å². The quantitative estimate of drug-likeness (QED) is 0.405. The Balaban J connectivity index is 2.19. The molecule has 1 saturated heterocycles. The first-order valence-electron chi connectivity index (χ1n) is 2.99. The SMILES string of the molecule is CC(C)CC1(C)OO1. The Hall–Kier alpha value is -0.0800. The van der Waals surface area contributed by atoms with Gasteiger partial charge in [-0.25, -0.2) is 0 Å². The third-order valence-electron chi connectivity index (χ3n) is 1.15. The molecular weight excluding hydrogens is 104 g/mol. The minimum Gasteiger partial charge on any atom is -0.195 e. The fourth-order valence-electron chi connectivity index (χ4n) is 0.881. The summed E-state index contributed by atoms with van der Waals surface area (Å²) in [6.45, 7) is 6.25. The summed E-state index contributed by atoms with van der Waals surface area (Å²) < 4.78 is 0. The second kappa shape index (κ2) is 1.71. The Kier molecular flexibility index (Phi) is 1.29. The van der Waals surface area contributed by atoms with Gasteiger partial charge in [0.2, 0.25) is 5.79 Å². The maximum Gasteiger partial charge on any atom is 0.231 e. The zero-order valence-corrected chi connectivity index (χ0v) is 5.60. The van der Waals surface area contributed by atoms with Gasteiger partial charge in [-0.15, -0.1) is 0 Å². The normalized spacial score (nSPS) is 24.0. The van der Waals surface area contributed by atoms with Gasteiger partial charge in [-0.3, -0.25) is 0 Å². The molecule has 0 amide bonds. The maximum absolute atomic E-state index is 4.71. The molecule has 2 heteroatoms. The van der Waals surface area contributed by atoms with Crippen molar-refractivity contribution in [1.29, 1.82) is 0 Å². The summed E-state index contributed by atoms with van der Waals surface area (Å²) in [6.07, 6.45) is 0.993. The summed E-state index contributed by atoms with van der Waals surface area (Å²) in [7, 11) is 0. The molecule has 0 aromatic heterocycles. The number of hydrogen-bond acceptors (Lipinski definition) is 2. The molecule has 1 aliphatic heterocycles. The lowest BCUT2D eigenvalue weighted by molar-refractivity contribution is 0.0850. The van der Waals surface area contributed by atoms with Crippen LogP contribution in [0, 0.1) is 5.92 Å². The molecule has 0 atom stereocenters. The van der Waals surface area contributed by atoms with E-state index in [4.69, 9.17) is 9.78 Å². The smallest absolute Gasteiger partial charge is 0.195 e. The largest absolute Gasteiger partial charge is 0.231 e. The Morgan fingerprint density at radius 1 is 1.38 bits per heavy atom. The lowest BCUT2D eigenvalue weighted by Crippen LogP contribution is -2.06. The third-order valence-corrected chi connectivity index (χ3v) is 1.15. The van der Waals surface area contributed by atoms with Gasteiger partial charge in [0.05, 0.1) is 0 Å². The van der Waals surface area contributed by atoms with Crippen molar-refractivity contribution >= 4 is 0 Å². The van der Waals surface area contributed by atoms with Crippen molar-refractivity contribution in [3.05, 3.63) is 0 Å². The molecular formula is C6H12O2. The van der Waals surface area contributed by atoms with Crippen molar-refractivity contribution in [2.24, 2.45) is 5.92 Å². The van der Waals surface area contributed by atoms with Crippen LogP contribution in [0.25, 0.3) is 0 Å². The molecule has 0 N–H and O–H groups in total. The first kappa shape index (κ1) is 6.05. The van der Waals surface area contributed by atoms with E-state index in [-0.39, 0.29) is 5.79 Å². The molecule has 0 unspecified atom stereocenters. The van der Waals surface area contributed by atoms with E-state index in [9.17, 15) is 0 Å². The summed E-state index contributed by atoms with van der Waals surface area (Å²) in [6, 6.07) is 0. The van der Waals surface area contributed by atoms with Crippen LogP contribution in [0.4, 0.5) is 0 Å². The van der Waals surface area contributed by atoms with Crippen LogP contribution in [0.1, 0.15) is 27.2 Å². The second-order valence-corrected chi connectivity index (χ2v) is 2.90. The van der Waals surface area contributed by atoms with Crippen LogP contribution >= 0.6 is 0 Å². The lowest BCUT2D eigenvalue weighted by Gasteiger charge is -2.01. The molecule has 2 nitrogen and oxygen atoms in total. The highest BCUT2D eigenvalue weighted by atomic mass is 17.4. The zero-order chi connectivity index (χ0) is 6.20. The molecule has 0 aromatic carbocycles. The van der Waals surface area contributed by atoms with Crippen LogP contribution in [0.3, 0.4) is 0 Å². The highest BCUT2D eigenvalue weighted by Gasteiger charge is 2.43. The molecule has 1 rings (SSSR count). The van der Waals surface area contributed by atoms with Crippen molar-refractivity contribution in [2.75, 3.05) is 0 Å². The molecule has 0 radical (unpaired) electrons. The predicted octanol–water partition coefficient (Wildman–Crippen LogP) is 1.71. The standard InChI is InChI=1S/C6H12O2/c1-5(2)4-6(3)7-8-6/h5H,4H2,1-3H3. The predicted molar refractivity (Wildman–Crippen MR) is 30.0 cm³/mol. The van der Waals surface area contributed by atoms with Gasteiger partial charge in [0.25, 0.3) is 0 Å². The van der Waals surface area contributed by atoms with E-state index in [1.54, 1.807) is 0 Å². The van der Waals surface area contributed by atoms with Gasteiger partial charge >= 0.3 is 0 Å². The van der Waals surface area contributed by atoms with Crippen molar-refractivity contribution in [3.8, 4) is 0 Å². The van der Waals surface area contributed by atoms with Gasteiger partial charge in [-0.05, 0) is 12.8 Å². The summed E-state index contributed by atoms with van der Waals surface area (Å²) >= 11 is 0. The number of rotatable bonds is 2. The molecule has 0 saturated carbocycles. The Labute approximate surface area is 49.7 Å². The number of hydrogen-bond donors (Lipinski definition) is 0. The average Bonchev–Trinajstić information content (AvgIpc) is 2.17. The van der Waals surface area contributed by atoms with Gasteiger partial charge in [-0.2, -0.15) is 9.78 Å². The van der Waals surface area contributed by atoms with Crippen LogP contribution in [0.15, 0.2) is 0 Å². The van der Waals surface area contributed by atoms with E-state index in [1.807, 2.05) is 6.92 Å². The van der Waals surface area contributed by atoms with Crippen LogP contribution < -0.4 is 0 Å². The van der Waals surface area contributed by atoms with Crippen LogP contribution in [-0.2, 0) is 9.78 Å². The zero-order valence-electron chi connectivity index (χ0n) is 5.60. The average molecular weight is 116 g/mol. The van der Waals surface area contributed by atoms with E-state index < -0.39 is 0 Å². The highest BCUT2D eigenvalue weighted by molar-refractivity contribution is 4.68. The fourth-order valence-corrected chi connectivity index (χ4v) is 0.881. The minimum absolute atomic E-state index is 0.228. The Morgan fingerprint density at radius 3 is 2.00 bits per heavy atom. The second-order valence-electron chi connectivity index (χ2n) is 2.90. The molecule has 0 spiro atoms. The van der Waals surface area contributed by atoms with Crippen LogP contribution in [0.2, 0.25) is 0 Å². The van der Waals surface area contributed by atoms with E-state index >= 15 is 0 Å². The molecule has 48 valence electrons. The molecule has 0 bridgehead atoms. The lowest BCUT2D eigenvalue weighted by atomic mass is 10.1. The van der Waals surface area contributed by atoms with Gasteiger partial charge in [0.15, 0.2) is 0 Å². The first-order chi connectivity index (χ1) is 3.62. The third kappa shape index (κ3) is 1.46. The van der Waals surface area contributed by atoms with Crippen molar-refractivity contribution in [3.63, 3.8) is 0 Å². The summed E-state index contributed by atoms with van der Waals surface area (Å²) in [4.78, 5) is 9.41. The van der Waals surface area contributed by atoms with Crippen molar-refractivity contribution in [1.82, 2.24) is 0 Å². The van der Waals surface area contributed by atoms with Gasteiger partial charge < -0.3 is 0 Å². The Morgan fingerprint density at radius 2 is 1.88 bits per heavy atom.